The van der Waals surface area contributed by atoms with Crippen LogP contribution in [0, 0.1) is 11.3 Å². The van der Waals surface area contributed by atoms with Gasteiger partial charge in [-0.25, -0.2) is 4.79 Å². The first-order valence-electron chi connectivity index (χ1n) is 9.92. The minimum atomic E-state index is -0.772. The lowest BCUT2D eigenvalue weighted by atomic mass is 9.77. The SMILES string of the molecule is COC(=O)C1(CC2CC2)CC(N2CCCC2)CCN1C(=O)C(C)(C)C. The molecule has 2 unspecified atom stereocenters. The normalized spacial score (nSPS) is 31.2. The third-order valence-electron chi connectivity index (χ3n) is 6.21. The highest BCUT2D eigenvalue weighted by Gasteiger charge is 2.55. The van der Waals surface area contributed by atoms with E-state index in [9.17, 15) is 9.59 Å². The van der Waals surface area contributed by atoms with Crippen molar-refractivity contribution in [1.82, 2.24) is 9.80 Å². The smallest absolute Gasteiger partial charge is 0.331 e. The van der Waals surface area contributed by atoms with Crippen molar-refractivity contribution in [3.63, 3.8) is 0 Å². The predicted molar refractivity (Wildman–Crippen MR) is 97.1 cm³/mol. The van der Waals surface area contributed by atoms with Gasteiger partial charge in [0.25, 0.3) is 0 Å². The minimum Gasteiger partial charge on any atom is -0.467 e. The second kappa shape index (κ2) is 6.90. The summed E-state index contributed by atoms with van der Waals surface area (Å²) in [5, 5.41) is 0. The molecular formula is C20H34N2O3. The van der Waals surface area contributed by atoms with Gasteiger partial charge in [0.1, 0.15) is 5.54 Å². The molecular weight excluding hydrogens is 316 g/mol. The summed E-state index contributed by atoms with van der Waals surface area (Å²) < 4.78 is 5.27. The Hall–Kier alpha value is -1.10. The van der Waals surface area contributed by atoms with E-state index in [0.717, 1.165) is 32.4 Å². The number of methoxy groups -OCH3 is 1. The summed E-state index contributed by atoms with van der Waals surface area (Å²) in [6.07, 6.45) is 7.30. The molecule has 0 spiro atoms. The highest BCUT2D eigenvalue weighted by molar-refractivity contribution is 5.90. The number of esters is 1. The second-order valence-corrected chi connectivity index (χ2v) is 9.27. The number of piperidine rings is 1. The van der Waals surface area contributed by atoms with Crippen molar-refractivity contribution in [3.8, 4) is 0 Å². The maximum atomic E-state index is 13.2. The Morgan fingerprint density at radius 1 is 1.08 bits per heavy atom. The van der Waals surface area contributed by atoms with Gasteiger partial charge in [-0.05, 0) is 51.1 Å². The van der Waals surface area contributed by atoms with Crippen LogP contribution in [0.1, 0.15) is 65.7 Å². The molecule has 0 aromatic carbocycles. The molecule has 0 N–H and O–H groups in total. The van der Waals surface area contributed by atoms with E-state index in [1.807, 2.05) is 25.7 Å². The topological polar surface area (TPSA) is 49.9 Å². The van der Waals surface area contributed by atoms with E-state index in [0.29, 0.717) is 18.5 Å². The Balaban J connectivity index is 1.92. The van der Waals surface area contributed by atoms with Crippen LogP contribution in [0.25, 0.3) is 0 Å². The third kappa shape index (κ3) is 3.71. The van der Waals surface area contributed by atoms with Crippen LogP contribution in [0.2, 0.25) is 0 Å². The molecule has 3 fully saturated rings. The summed E-state index contributed by atoms with van der Waals surface area (Å²) in [6, 6.07) is 0.393. The summed E-state index contributed by atoms with van der Waals surface area (Å²) >= 11 is 0. The molecule has 1 saturated carbocycles. The Morgan fingerprint density at radius 2 is 1.72 bits per heavy atom. The molecule has 5 heteroatoms. The molecule has 0 aromatic rings. The lowest BCUT2D eigenvalue weighted by Gasteiger charge is -2.51. The van der Waals surface area contributed by atoms with E-state index in [1.165, 1.54) is 32.8 Å². The van der Waals surface area contributed by atoms with Crippen LogP contribution in [-0.2, 0) is 14.3 Å². The van der Waals surface area contributed by atoms with Gasteiger partial charge < -0.3 is 14.5 Å². The molecule has 2 heterocycles. The fourth-order valence-corrected chi connectivity index (χ4v) is 4.67. The maximum absolute atomic E-state index is 13.2. The molecule has 5 nitrogen and oxygen atoms in total. The maximum Gasteiger partial charge on any atom is 0.331 e. The van der Waals surface area contributed by atoms with Gasteiger partial charge in [-0.2, -0.15) is 0 Å². The summed E-state index contributed by atoms with van der Waals surface area (Å²) in [4.78, 5) is 30.6. The Morgan fingerprint density at radius 3 is 2.24 bits per heavy atom. The largest absolute Gasteiger partial charge is 0.467 e. The van der Waals surface area contributed by atoms with Crippen molar-refractivity contribution in [2.75, 3.05) is 26.7 Å². The van der Waals surface area contributed by atoms with Crippen LogP contribution in [0.15, 0.2) is 0 Å². The van der Waals surface area contributed by atoms with E-state index in [4.69, 9.17) is 4.74 Å². The van der Waals surface area contributed by atoms with Crippen LogP contribution in [0.4, 0.5) is 0 Å². The van der Waals surface area contributed by atoms with Gasteiger partial charge in [-0.3, -0.25) is 4.79 Å². The first-order chi connectivity index (χ1) is 11.8. The van der Waals surface area contributed by atoms with Crippen LogP contribution in [0.5, 0.6) is 0 Å². The zero-order chi connectivity index (χ0) is 18.2. The number of ether oxygens (including phenoxy) is 1. The van der Waals surface area contributed by atoms with Crippen LogP contribution < -0.4 is 0 Å². The van der Waals surface area contributed by atoms with Gasteiger partial charge in [0, 0.05) is 18.0 Å². The fourth-order valence-electron chi connectivity index (χ4n) is 4.67. The molecule has 2 aliphatic heterocycles. The van der Waals surface area contributed by atoms with E-state index >= 15 is 0 Å². The second-order valence-electron chi connectivity index (χ2n) is 9.27. The summed E-state index contributed by atoms with van der Waals surface area (Å²) in [6.45, 7) is 8.75. The lowest BCUT2D eigenvalue weighted by Crippen LogP contribution is -2.65. The quantitative estimate of drug-likeness (QED) is 0.732. The fraction of sp³-hybridized carbons (Fsp3) is 0.900. The number of nitrogens with zero attached hydrogens (tertiary/aromatic N) is 2. The van der Waals surface area contributed by atoms with E-state index in [2.05, 4.69) is 4.90 Å². The van der Waals surface area contributed by atoms with Crippen molar-refractivity contribution in [3.05, 3.63) is 0 Å². The number of rotatable bonds is 4. The number of carbonyl (C=O) groups is 2. The van der Waals surface area contributed by atoms with Gasteiger partial charge >= 0.3 is 5.97 Å². The zero-order valence-electron chi connectivity index (χ0n) is 16.3. The lowest BCUT2D eigenvalue weighted by molar-refractivity contribution is -0.172. The van der Waals surface area contributed by atoms with Crippen LogP contribution >= 0.6 is 0 Å². The number of hydrogen-bond donors (Lipinski definition) is 0. The van der Waals surface area contributed by atoms with Crippen molar-refractivity contribution in [2.45, 2.75) is 77.3 Å². The molecule has 3 aliphatic rings. The minimum absolute atomic E-state index is 0.0819. The Bertz CT molecular complexity index is 518. The zero-order valence-corrected chi connectivity index (χ0v) is 16.3. The molecule has 1 aliphatic carbocycles. The number of hydrogen-bond acceptors (Lipinski definition) is 4. The molecule has 3 rings (SSSR count). The van der Waals surface area contributed by atoms with Gasteiger partial charge in [-0.1, -0.05) is 33.6 Å². The highest BCUT2D eigenvalue weighted by atomic mass is 16.5. The molecule has 0 radical (unpaired) electrons. The molecule has 2 atom stereocenters. The Kier molecular flexibility index (Phi) is 5.16. The molecule has 142 valence electrons. The molecule has 0 bridgehead atoms. The van der Waals surface area contributed by atoms with Crippen molar-refractivity contribution in [1.29, 1.82) is 0 Å². The first-order valence-corrected chi connectivity index (χ1v) is 9.92. The number of carbonyl (C=O) groups excluding carboxylic acids is 2. The van der Waals surface area contributed by atoms with Crippen LogP contribution in [0.3, 0.4) is 0 Å². The predicted octanol–water partition coefficient (Wildman–Crippen LogP) is 2.83. The summed E-state index contributed by atoms with van der Waals surface area (Å²) in [5.74, 6) is 0.436. The average Bonchev–Trinajstić information content (AvgIpc) is 3.21. The first kappa shape index (κ1) is 18.7. The van der Waals surface area contributed by atoms with E-state index in [1.54, 1.807) is 0 Å². The van der Waals surface area contributed by atoms with Crippen molar-refractivity contribution < 1.29 is 14.3 Å². The highest BCUT2D eigenvalue weighted by Crippen LogP contribution is 2.45. The Labute approximate surface area is 152 Å². The van der Waals surface area contributed by atoms with Crippen molar-refractivity contribution >= 4 is 11.9 Å². The molecule has 25 heavy (non-hydrogen) atoms. The number of amides is 1. The van der Waals surface area contributed by atoms with E-state index in [-0.39, 0.29) is 11.9 Å². The van der Waals surface area contributed by atoms with Crippen LogP contribution in [-0.4, -0.2) is 60.0 Å². The number of likely N-dealkylation sites (tertiary alicyclic amines) is 2. The van der Waals surface area contributed by atoms with Gasteiger partial charge in [0.05, 0.1) is 7.11 Å². The molecule has 2 saturated heterocycles. The summed E-state index contributed by atoms with van der Waals surface area (Å²) in [5.41, 5.74) is -1.25. The van der Waals surface area contributed by atoms with Gasteiger partial charge in [0.15, 0.2) is 0 Å². The van der Waals surface area contributed by atoms with Gasteiger partial charge in [0.2, 0.25) is 5.91 Å². The average molecular weight is 351 g/mol. The third-order valence-corrected chi connectivity index (χ3v) is 6.21. The molecule has 0 aromatic heterocycles. The monoisotopic (exact) mass is 350 g/mol. The van der Waals surface area contributed by atoms with Gasteiger partial charge in [-0.15, -0.1) is 0 Å². The van der Waals surface area contributed by atoms with Crippen molar-refractivity contribution in [2.24, 2.45) is 11.3 Å². The summed E-state index contributed by atoms with van der Waals surface area (Å²) in [7, 11) is 1.47. The van der Waals surface area contributed by atoms with E-state index < -0.39 is 11.0 Å². The standard InChI is InChI=1S/C20H34N2O3/c1-19(2,3)17(23)22-12-9-16(21-10-5-6-11-21)14-20(22,18(24)25-4)13-15-7-8-15/h15-16H,5-14H2,1-4H3. The molecule has 1 amide bonds.